The van der Waals surface area contributed by atoms with Crippen molar-refractivity contribution in [2.75, 3.05) is 0 Å². The van der Waals surface area contributed by atoms with Gasteiger partial charge in [0.05, 0.1) is 0 Å². The molecule has 0 amide bonds. The molecule has 0 spiro atoms. The second kappa shape index (κ2) is 7.14. The van der Waals surface area contributed by atoms with E-state index in [0.717, 1.165) is 5.56 Å². The summed E-state index contributed by atoms with van der Waals surface area (Å²) in [6.45, 7) is 6.02. The Morgan fingerprint density at radius 2 is 1.19 bits per heavy atom. The van der Waals surface area contributed by atoms with Crippen LogP contribution in [0, 0.1) is 6.92 Å². The molecule has 2 aromatic heterocycles. The van der Waals surface area contributed by atoms with Gasteiger partial charge in [0.2, 0.25) is 17.5 Å². The lowest BCUT2D eigenvalue weighted by Gasteiger charge is -2.00. The first-order valence-electron chi connectivity index (χ1n) is 6.75. The van der Waals surface area contributed by atoms with Crippen LogP contribution in [-0.2, 0) is 0 Å². The van der Waals surface area contributed by atoms with E-state index >= 15 is 0 Å². The van der Waals surface area contributed by atoms with E-state index in [1.165, 1.54) is 5.56 Å². The third-order valence-electron chi connectivity index (χ3n) is 2.55. The Balaban J connectivity index is 0.000000774. The van der Waals surface area contributed by atoms with Crippen molar-refractivity contribution in [3.63, 3.8) is 0 Å². The van der Waals surface area contributed by atoms with Crippen molar-refractivity contribution in [3.8, 4) is 23.0 Å². The monoisotopic (exact) mass is 280 g/mol. The average Bonchev–Trinajstić information content (AvgIpc) is 2.58. The lowest BCUT2D eigenvalue weighted by molar-refractivity contribution is 0.862. The van der Waals surface area contributed by atoms with Gasteiger partial charge < -0.3 is 0 Å². The molecule has 0 unspecified atom stereocenters. The second-order valence-corrected chi connectivity index (χ2v) is 3.99. The molecule has 0 bridgehead atoms. The van der Waals surface area contributed by atoms with Gasteiger partial charge in [-0.15, -0.1) is 20.4 Å². The molecule has 0 atom stereocenters. The van der Waals surface area contributed by atoms with Gasteiger partial charge in [0.15, 0.2) is 0 Å². The van der Waals surface area contributed by atoms with Crippen LogP contribution in [-0.4, -0.2) is 30.4 Å². The third-order valence-corrected chi connectivity index (χ3v) is 2.55. The molecular weight excluding hydrogens is 264 g/mol. The number of nitrogens with zero attached hydrogens (tertiary/aromatic N) is 6. The maximum Gasteiger partial charge on any atom is 0.240 e. The van der Waals surface area contributed by atoms with Crippen molar-refractivity contribution in [1.29, 1.82) is 0 Å². The van der Waals surface area contributed by atoms with Gasteiger partial charge in [0.25, 0.3) is 0 Å². The molecule has 0 aliphatic heterocycles. The Kier molecular flexibility index (Phi) is 4.98. The maximum atomic E-state index is 4.05. The molecule has 6 heteroatoms. The Hall–Kier alpha value is -2.76. The molecule has 1 aromatic carbocycles. The fourth-order valence-corrected chi connectivity index (χ4v) is 1.55. The van der Waals surface area contributed by atoms with Crippen LogP contribution in [0.1, 0.15) is 19.4 Å². The number of aryl methyl sites for hydroxylation is 1. The molecule has 0 radical (unpaired) electrons. The summed E-state index contributed by atoms with van der Waals surface area (Å²) in [5.74, 6) is 1.22. The minimum absolute atomic E-state index is 0.316. The second-order valence-electron chi connectivity index (χ2n) is 3.99. The first-order chi connectivity index (χ1) is 10.3. The van der Waals surface area contributed by atoms with Crippen molar-refractivity contribution in [2.45, 2.75) is 20.8 Å². The van der Waals surface area contributed by atoms with Crippen molar-refractivity contribution in [3.05, 3.63) is 48.3 Å². The Morgan fingerprint density at radius 1 is 0.667 bits per heavy atom. The Labute approximate surface area is 123 Å². The number of hydrogen-bond donors (Lipinski definition) is 0. The zero-order chi connectivity index (χ0) is 15.1. The molecule has 0 fully saturated rings. The summed E-state index contributed by atoms with van der Waals surface area (Å²) in [4.78, 5) is 8.09. The fourth-order valence-electron chi connectivity index (χ4n) is 1.55. The molecule has 0 saturated carbocycles. The topological polar surface area (TPSA) is 77.3 Å². The maximum absolute atomic E-state index is 4.05. The SMILES string of the molecule is CC.Cc1ccc(-c2nnc(-c3ncccn3)nn2)cc1. The first kappa shape index (κ1) is 14.6. The molecule has 0 N–H and O–H groups in total. The number of hydrogen-bond acceptors (Lipinski definition) is 6. The van der Waals surface area contributed by atoms with E-state index < -0.39 is 0 Å². The van der Waals surface area contributed by atoms with Crippen LogP contribution in [0.2, 0.25) is 0 Å². The van der Waals surface area contributed by atoms with E-state index in [9.17, 15) is 0 Å². The summed E-state index contributed by atoms with van der Waals surface area (Å²) >= 11 is 0. The number of benzene rings is 1. The van der Waals surface area contributed by atoms with Gasteiger partial charge in [-0.1, -0.05) is 43.7 Å². The quantitative estimate of drug-likeness (QED) is 0.718. The predicted octanol–water partition coefficient (Wildman–Crippen LogP) is 2.73. The number of aromatic nitrogens is 6. The van der Waals surface area contributed by atoms with Crippen molar-refractivity contribution >= 4 is 0 Å². The largest absolute Gasteiger partial charge is 0.240 e. The Morgan fingerprint density at radius 3 is 1.76 bits per heavy atom. The van der Waals surface area contributed by atoms with E-state index in [4.69, 9.17) is 0 Å². The van der Waals surface area contributed by atoms with Crippen molar-refractivity contribution < 1.29 is 0 Å². The first-order valence-corrected chi connectivity index (χ1v) is 6.75. The highest BCUT2D eigenvalue weighted by Crippen LogP contribution is 2.14. The summed E-state index contributed by atoms with van der Waals surface area (Å²) in [5.41, 5.74) is 2.06. The molecule has 2 heterocycles. The van der Waals surface area contributed by atoms with Gasteiger partial charge in [-0.25, -0.2) is 9.97 Å². The van der Waals surface area contributed by atoms with Crippen LogP contribution >= 0.6 is 0 Å². The highest BCUT2D eigenvalue weighted by atomic mass is 15.3. The molecule has 3 aromatic rings. The lowest BCUT2D eigenvalue weighted by Crippen LogP contribution is -2.01. The lowest BCUT2D eigenvalue weighted by atomic mass is 10.1. The molecular formula is C15H16N6. The van der Waals surface area contributed by atoms with Gasteiger partial charge in [-0.3, -0.25) is 0 Å². The van der Waals surface area contributed by atoms with Crippen LogP contribution in [0.15, 0.2) is 42.7 Å². The van der Waals surface area contributed by atoms with Gasteiger partial charge in [0.1, 0.15) is 0 Å². The molecule has 3 rings (SSSR count). The number of rotatable bonds is 2. The molecule has 0 aliphatic carbocycles. The fraction of sp³-hybridized carbons (Fsp3) is 0.200. The smallest absolute Gasteiger partial charge is 0.234 e. The van der Waals surface area contributed by atoms with Crippen LogP contribution in [0.4, 0.5) is 0 Å². The molecule has 106 valence electrons. The van der Waals surface area contributed by atoms with Gasteiger partial charge in [-0.2, -0.15) is 0 Å². The zero-order valence-corrected chi connectivity index (χ0v) is 12.2. The van der Waals surface area contributed by atoms with Gasteiger partial charge in [0, 0.05) is 18.0 Å². The van der Waals surface area contributed by atoms with Crippen molar-refractivity contribution in [2.24, 2.45) is 0 Å². The van der Waals surface area contributed by atoms with Crippen LogP contribution in [0.5, 0.6) is 0 Å². The predicted molar refractivity (Wildman–Crippen MR) is 80.2 cm³/mol. The van der Waals surface area contributed by atoms with Crippen LogP contribution in [0.25, 0.3) is 23.0 Å². The van der Waals surface area contributed by atoms with E-state index in [1.54, 1.807) is 18.5 Å². The average molecular weight is 280 g/mol. The summed E-state index contributed by atoms with van der Waals surface area (Å²) in [6.07, 6.45) is 3.25. The van der Waals surface area contributed by atoms with Gasteiger partial charge >= 0.3 is 0 Å². The van der Waals surface area contributed by atoms with E-state index in [0.29, 0.717) is 17.5 Å². The highest BCUT2D eigenvalue weighted by molar-refractivity contribution is 5.54. The van der Waals surface area contributed by atoms with E-state index in [1.807, 2.05) is 45.0 Å². The molecule has 6 nitrogen and oxygen atoms in total. The summed E-state index contributed by atoms with van der Waals surface area (Å²) in [6, 6.07) is 9.59. The zero-order valence-electron chi connectivity index (χ0n) is 12.2. The van der Waals surface area contributed by atoms with E-state index in [-0.39, 0.29) is 0 Å². The van der Waals surface area contributed by atoms with E-state index in [2.05, 4.69) is 30.4 Å². The normalized spacial score (nSPS) is 9.67. The van der Waals surface area contributed by atoms with Gasteiger partial charge in [-0.05, 0) is 13.0 Å². The Bertz CT molecular complexity index is 665. The summed E-state index contributed by atoms with van der Waals surface area (Å²) < 4.78 is 0. The van der Waals surface area contributed by atoms with Crippen molar-refractivity contribution in [1.82, 2.24) is 30.4 Å². The van der Waals surface area contributed by atoms with Crippen LogP contribution in [0.3, 0.4) is 0 Å². The third kappa shape index (κ3) is 3.62. The standard InChI is InChI=1S/C13H10N6.C2H6/c1-9-3-5-10(6-4-9)11-16-18-13(19-17-11)12-14-7-2-8-15-12;1-2/h2-8H,1H3;1-2H3. The molecule has 0 saturated heterocycles. The minimum Gasteiger partial charge on any atom is -0.234 e. The summed E-state index contributed by atoms with van der Waals surface area (Å²) in [5, 5.41) is 16.1. The van der Waals surface area contributed by atoms with Crippen LogP contribution < -0.4 is 0 Å². The highest BCUT2D eigenvalue weighted by Gasteiger charge is 2.07. The molecule has 21 heavy (non-hydrogen) atoms. The molecule has 0 aliphatic rings. The minimum atomic E-state index is 0.316. The summed E-state index contributed by atoms with van der Waals surface area (Å²) in [7, 11) is 0.